The van der Waals surface area contributed by atoms with Crippen LogP contribution >= 0.6 is 11.6 Å². The number of fused-ring (bicyclic) bond motifs is 2. The highest BCUT2D eigenvalue weighted by Gasteiger charge is 2.51. The van der Waals surface area contributed by atoms with Gasteiger partial charge in [0.2, 0.25) is 5.91 Å². The topological polar surface area (TPSA) is 39.7 Å². The molecular weight excluding hydrogens is 484 g/mol. The number of carbonyl (C=O) groups is 1. The number of aromatic nitrogens is 1. The molecule has 3 atom stereocenters. The van der Waals surface area contributed by atoms with Crippen LogP contribution in [0.25, 0.3) is 0 Å². The fourth-order valence-electron chi connectivity index (χ4n) is 5.31. The largest absolute Gasteiger partial charge is 0.416 e. The average molecular weight is 513 g/mol. The van der Waals surface area contributed by atoms with Crippen molar-refractivity contribution in [2.45, 2.75) is 50.9 Å². The Kier molecular flexibility index (Phi) is 7.29. The Morgan fingerprint density at radius 1 is 1.17 bits per heavy atom. The highest BCUT2D eigenvalue weighted by atomic mass is 35.5. The Labute approximate surface area is 207 Å². The van der Waals surface area contributed by atoms with Crippen LogP contribution in [0, 0.1) is 18.7 Å². The molecule has 0 N–H and O–H groups in total. The fourth-order valence-corrected chi connectivity index (χ4v) is 5.48. The number of rotatable bonds is 7. The highest BCUT2D eigenvalue weighted by Crippen LogP contribution is 2.46. The van der Waals surface area contributed by atoms with Gasteiger partial charge >= 0.3 is 6.18 Å². The molecule has 1 aliphatic carbocycles. The van der Waals surface area contributed by atoms with Crippen molar-refractivity contribution in [3.05, 3.63) is 52.4 Å². The zero-order valence-corrected chi connectivity index (χ0v) is 20.7. The van der Waals surface area contributed by atoms with Crippen LogP contribution in [0.3, 0.4) is 0 Å². The van der Waals surface area contributed by atoms with E-state index in [2.05, 4.69) is 4.98 Å². The van der Waals surface area contributed by atoms with Gasteiger partial charge in [-0.05, 0) is 89.5 Å². The number of nitrogens with zero attached hydrogens (tertiary/aromatic N) is 4. The number of aryl methyl sites for hydroxylation is 1. The number of alkyl halides is 3. The van der Waals surface area contributed by atoms with Crippen molar-refractivity contribution in [3.63, 3.8) is 0 Å². The Balaban J connectivity index is 1.71. The number of carbonyl (C=O) groups excluding carboxylic acids is 1. The van der Waals surface area contributed by atoms with Crippen LogP contribution in [0.15, 0.2) is 30.3 Å². The molecule has 0 spiro atoms. The van der Waals surface area contributed by atoms with E-state index in [1.54, 1.807) is 9.80 Å². The van der Waals surface area contributed by atoms with E-state index in [1.807, 2.05) is 19.0 Å². The monoisotopic (exact) mass is 512 g/mol. The first kappa shape index (κ1) is 25.7. The van der Waals surface area contributed by atoms with E-state index in [1.165, 1.54) is 25.1 Å². The van der Waals surface area contributed by atoms with Gasteiger partial charge in [0.05, 0.1) is 10.6 Å². The van der Waals surface area contributed by atoms with Gasteiger partial charge in [-0.15, -0.1) is 0 Å². The predicted molar refractivity (Wildman–Crippen MR) is 128 cm³/mol. The van der Waals surface area contributed by atoms with Crippen LogP contribution < -0.4 is 9.80 Å². The minimum absolute atomic E-state index is 0.0106. The normalized spacial score (nSPS) is 21.7. The first-order valence-corrected chi connectivity index (χ1v) is 12.1. The van der Waals surface area contributed by atoms with E-state index < -0.39 is 23.6 Å². The minimum atomic E-state index is -4.51. The second-order valence-electron chi connectivity index (χ2n) is 9.68. The molecule has 2 aromatic rings. The lowest BCUT2D eigenvalue weighted by atomic mass is 9.96. The summed E-state index contributed by atoms with van der Waals surface area (Å²) in [5.74, 6) is -0.624. The molecular formula is C25H29ClF4N4O. The summed E-state index contributed by atoms with van der Waals surface area (Å²) in [5, 5.41) is -0.0899. The molecule has 10 heteroatoms. The summed E-state index contributed by atoms with van der Waals surface area (Å²) in [6.07, 6.45) is -1.50. The summed E-state index contributed by atoms with van der Waals surface area (Å²) in [6.45, 7) is 2.63. The molecule has 1 amide bonds. The maximum absolute atomic E-state index is 14.0. The van der Waals surface area contributed by atoms with Gasteiger partial charge in [0, 0.05) is 24.0 Å². The van der Waals surface area contributed by atoms with Crippen molar-refractivity contribution < 1.29 is 22.4 Å². The molecule has 2 bridgehead atoms. The number of amides is 1. The minimum Gasteiger partial charge on any atom is -0.341 e. The third-order valence-electron chi connectivity index (χ3n) is 6.84. The summed E-state index contributed by atoms with van der Waals surface area (Å²) in [5.41, 5.74) is -0.0601. The van der Waals surface area contributed by atoms with E-state index in [9.17, 15) is 22.4 Å². The molecule has 1 aromatic heterocycles. The van der Waals surface area contributed by atoms with E-state index in [0.717, 1.165) is 37.9 Å². The van der Waals surface area contributed by atoms with Gasteiger partial charge in [-0.2, -0.15) is 13.2 Å². The van der Waals surface area contributed by atoms with Gasteiger partial charge in [0.25, 0.3) is 0 Å². The lowest BCUT2D eigenvalue weighted by Crippen LogP contribution is -2.53. The zero-order chi connectivity index (χ0) is 25.5. The zero-order valence-electron chi connectivity index (χ0n) is 19.9. The average Bonchev–Trinajstić information content (AvgIpc) is 3.39. The van der Waals surface area contributed by atoms with E-state index in [0.29, 0.717) is 18.7 Å². The highest BCUT2D eigenvalue weighted by molar-refractivity contribution is 6.31. The third-order valence-corrected chi connectivity index (χ3v) is 7.13. The summed E-state index contributed by atoms with van der Waals surface area (Å²) >= 11 is 6.02. The molecule has 0 unspecified atom stereocenters. The number of hydrogen-bond donors (Lipinski definition) is 0. The van der Waals surface area contributed by atoms with Crippen molar-refractivity contribution in [1.29, 1.82) is 0 Å². The molecule has 1 aromatic carbocycles. The molecule has 2 fully saturated rings. The fraction of sp³-hybridized carbons (Fsp3) is 0.520. The van der Waals surface area contributed by atoms with Crippen molar-refractivity contribution in [1.82, 2.24) is 9.88 Å². The van der Waals surface area contributed by atoms with E-state index >= 15 is 0 Å². The van der Waals surface area contributed by atoms with Crippen molar-refractivity contribution >= 4 is 29.0 Å². The Morgan fingerprint density at radius 3 is 2.57 bits per heavy atom. The van der Waals surface area contributed by atoms with Gasteiger partial charge in [-0.1, -0.05) is 11.6 Å². The smallest absolute Gasteiger partial charge is 0.341 e. The predicted octanol–water partition coefficient (Wildman–Crippen LogP) is 5.54. The van der Waals surface area contributed by atoms with Crippen molar-refractivity contribution in [3.8, 4) is 0 Å². The van der Waals surface area contributed by atoms with Crippen LogP contribution in [0.4, 0.5) is 29.1 Å². The van der Waals surface area contributed by atoms with Crippen LogP contribution in [0.2, 0.25) is 5.02 Å². The molecule has 2 aliphatic rings. The van der Waals surface area contributed by atoms with Crippen LogP contribution in [-0.2, 0) is 11.0 Å². The summed E-state index contributed by atoms with van der Waals surface area (Å²) in [6, 6.07) is 5.52. The van der Waals surface area contributed by atoms with Crippen molar-refractivity contribution in [2.24, 2.45) is 5.92 Å². The van der Waals surface area contributed by atoms with Crippen molar-refractivity contribution in [2.75, 3.05) is 37.0 Å². The second-order valence-corrected chi connectivity index (χ2v) is 10.1. The SMILES string of the molecule is Cc1cc(C(F)(F)F)cc(N2[C@@H]3CC[C@@H](C3)[C@H]2C(=O)N(CCCN(C)C)c2ccc(F)c(Cl)c2)n1. The third kappa shape index (κ3) is 5.40. The molecule has 190 valence electrons. The Bertz CT molecular complexity index is 1090. The lowest BCUT2D eigenvalue weighted by Gasteiger charge is -2.38. The van der Waals surface area contributed by atoms with Crippen LogP contribution in [-0.4, -0.2) is 55.1 Å². The molecule has 1 saturated carbocycles. The van der Waals surface area contributed by atoms with Gasteiger partial charge in [-0.25, -0.2) is 9.37 Å². The molecule has 0 radical (unpaired) electrons. The van der Waals surface area contributed by atoms with E-state index in [4.69, 9.17) is 11.6 Å². The molecule has 5 nitrogen and oxygen atoms in total. The molecule has 1 saturated heterocycles. The Hall–Kier alpha value is -2.39. The van der Waals surface area contributed by atoms with E-state index in [-0.39, 0.29) is 34.4 Å². The summed E-state index contributed by atoms with van der Waals surface area (Å²) in [7, 11) is 3.86. The maximum Gasteiger partial charge on any atom is 0.416 e. The van der Waals surface area contributed by atoms with Gasteiger partial charge in [-0.3, -0.25) is 4.79 Å². The lowest BCUT2D eigenvalue weighted by molar-refractivity contribution is -0.137. The standard InChI is InChI=1S/C25H29ClF4N4O/c1-15-11-17(25(28,29)30)13-22(31-15)34-19-6-5-16(12-19)23(34)24(35)33(10-4-9-32(2)3)18-7-8-21(27)20(26)14-18/h7-8,11,13-14,16,19,23H,4-6,9-10,12H2,1-3H3/t16-,19+,23-/m0/s1. The number of pyridine rings is 1. The number of benzene rings is 1. The van der Waals surface area contributed by atoms with Crippen LogP contribution in [0.5, 0.6) is 0 Å². The number of anilines is 2. The molecule has 4 rings (SSSR count). The van der Waals surface area contributed by atoms with Crippen LogP contribution in [0.1, 0.15) is 36.9 Å². The maximum atomic E-state index is 14.0. The van der Waals surface area contributed by atoms with Gasteiger partial charge in [0.15, 0.2) is 0 Å². The second kappa shape index (κ2) is 9.93. The first-order valence-electron chi connectivity index (χ1n) is 11.7. The number of halogens is 5. The number of hydrogen-bond acceptors (Lipinski definition) is 4. The first-order chi connectivity index (χ1) is 16.5. The summed E-state index contributed by atoms with van der Waals surface area (Å²) in [4.78, 5) is 23.8. The Morgan fingerprint density at radius 2 is 1.91 bits per heavy atom. The van der Waals surface area contributed by atoms with Gasteiger partial charge < -0.3 is 14.7 Å². The molecule has 1 aliphatic heterocycles. The summed E-state index contributed by atoms with van der Waals surface area (Å²) < 4.78 is 54.5. The molecule has 35 heavy (non-hydrogen) atoms. The quantitative estimate of drug-likeness (QED) is 0.456. The molecule has 2 heterocycles. The van der Waals surface area contributed by atoms with Gasteiger partial charge in [0.1, 0.15) is 17.7 Å². The number of piperidine rings is 1.